The van der Waals surface area contributed by atoms with Gasteiger partial charge in [-0.05, 0) is 19.4 Å². The SMILES string of the molecule is CCc1nnc(NC(=O)c2csc(CCN)n2)nc1CC. The predicted octanol–water partition coefficient (Wildman–Crippen LogP) is 1.21. The number of carbonyl (C=O) groups excluding carboxylic acids is 1. The first kappa shape index (κ1) is 15.5. The Kier molecular flexibility index (Phi) is 5.29. The summed E-state index contributed by atoms with van der Waals surface area (Å²) in [6.45, 7) is 4.51. The summed E-state index contributed by atoms with van der Waals surface area (Å²) in [4.78, 5) is 20.6. The van der Waals surface area contributed by atoms with Crippen LogP contribution in [0.5, 0.6) is 0 Å². The Balaban J connectivity index is 2.11. The van der Waals surface area contributed by atoms with Crippen LogP contribution in [0.2, 0.25) is 0 Å². The molecule has 2 aromatic rings. The molecule has 7 nitrogen and oxygen atoms in total. The number of rotatable bonds is 6. The third-order valence-electron chi connectivity index (χ3n) is 2.88. The zero-order chi connectivity index (χ0) is 15.2. The van der Waals surface area contributed by atoms with Crippen LogP contribution in [-0.4, -0.2) is 32.6 Å². The maximum Gasteiger partial charge on any atom is 0.277 e. The van der Waals surface area contributed by atoms with Crippen molar-refractivity contribution in [1.82, 2.24) is 20.2 Å². The smallest absolute Gasteiger partial charge is 0.277 e. The van der Waals surface area contributed by atoms with Crippen LogP contribution < -0.4 is 11.1 Å². The first-order valence-corrected chi connectivity index (χ1v) is 7.74. The summed E-state index contributed by atoms with van der Waals surface area (Å²) in [5.41, 5.74) is 7.53. The molecule has 0 spiro atoms. The van der Waals surface area contributed by atoms with E-state index in [-0.39, 0.29) is 11.9 Å². The fourth-order valence-electron chi connectivity index (χ4n) is 1.81. The van der Waals surface area contributed by atoms with Crippen molar-refractivity contribution in [3.8, 4) is 0 Å². The van der Waals surface area contributed by atoms with Crippen molar-refractivity contribution in [1.29, 1.82) is 0 Å². The lowest BCUT2D eigenvalue weighted by atomic mass is 10.2. The monoisotopic (exact) mass is 306 g/mol. The summed E-state index contributed by atoms with van der Waals surface area (Å²) in [6.07, 6.45) is 2.19. The molecule has 112 valence electrons. The topological polar surface area (TPSA) is 107 Å². The third-order valence-corrected chi connectivity index (χ3v) is 3.79. The van der Waals surface area contributed by atoms with E-state index in [4.69, 9.17) is 5.73 Å². The van der Waals surface area contributed by atoms with E-state index in [0.29, 0.717) is 18.7 Å². The van der Waals surface area contributed by atoms with Gasteiger partial charge in [-0.1, -0.05) is 13.8 Å². The molecule has 0 bridgehead atoms. The third kappa shape index (κ3) is 3.79. The molecule has 0 radical (unpaired) electrons. The number of aryl methyl sites for hydroxylation is 2. The average Bonchev–Trinajstić information content (AvgIpc) is 2.96. The highest BCUT2D eigenvalue weighted by Gasteiger charge is 2.13. The molecule has 2 heterocycles. The first-order chi connectivity index (χ1) is 10.2. The van der Waals surface area contributed by atoms with Gasteiger partial charge in [0, 0.05) is 11.8 Å². The molecule has 2 rings (SSSR count). The normalized spacial score (nSPS) is 10.6. The van der Waals surface area contributed by atoms with Crippen LogP contribution in [-0.2, 0) is 19.3 Å². The Morgan fingerprint density at radius 2 is 2.00 bits per heavy atom. The molecule has 1 amide bonds. The van der Waals surface area contributed by atoms with Crippen molar-refractivity contribution in [3.63, 3.8) is 0 Å². The number of hydrogen-bond donors (Lipinski definition) is 2. The first-order valence-electron chi connectivity index (χ1n) is 6.86. The van der Waals surface area contributed by atoms with Crippen LogP contribution in [0.1, 0.15) is 40.7 Å². The molecule has 21 heavy (non-hydrogen) atoms. The van der Waals surface area contributed by atoms with Crippen molar-refractivity contribution < 1.29 is 4.79 Å². The van der Waals surface area contributed by atoms with Gasteiger partial charge in [0.25, 0.3) is 5.91 Å². The summed E-state index contributed by atoms with van der Waals surface area (Å²) >= 11 is 1.42. The van der Waals surface area contributed by atoms with Crippen LogP contribution in [0.25, 0.3) is 0 Å². The Bertz CT molecular complexity index is 627. The molecule has 0 unspecified atom stereocenters. The lowest BCUT2D eigenvalue weighted by molar-refractivity contribution is 0.102. The summed E-state index contributed by atoms with van der Waals surface area (Å²) in [5.74, 6) is -0.120. The van der Waals surface area contributed by atoms with Crippen LogP contribution in [0, 0.1) is 0 Å². The fourth-order valence-corrected chi connectivity index (χ4v) is 2.60. The molecule has 0 aromatic carbocycles. The van der Waals surface area contributed by atoms with E-state index >= 15 is 0 Å². The van der Waals surface area contributed by atoms with Gasteiger partial charge in [-0.2, -0.15) is 0 Å². The van der Waals surface area contributed by atoms with E-state index in [9.17, 15) is 4.79 Å². The van der Waals surface area contributed by atoms with Crippen LogP contribution in [0.4, 0.5) is 5.95 Å². The Labute approximate surface area is 127 Å². The van der Waals surface area contributed by atoms with E-state index in [1.54, 1.807) is 5.38 Å². The van der Waals surface area contributed by atoms with Gasteiger partial charge in [-0.15, -0.1) is 21.5 Å². The van der Waals surface area contributed by atoms with Gasteiger partial charge in [0.15, 0.2) is 0 Å². The van der Waals surface area contributed by atoms with Gasteiger partial charge >= 0.3 is 0 Å². The van der Waals surface area contributed by atoms with Gasteiger partial charge in [-0.25, -0.2) is 9.97 Å². The number of aromatic nitrogens is 4. The van der Waals surface area contributed by atoms with E-state index in [2.05, 4.69) is 25.5 Å². The number of thiazole rings is 1. The molecule has 0 fully saturated rings. The van der Waals surface area contributed by atoms with Crippen LogP contribution in [0.3, 0.4) is 0 Å². The molecule has 0 aliphatic carbocycles. The number of nitrogens with one attached hydrogen (secondary N) is 1. The molecule has 0 atom stereocenters. The minimum absolute atomic E-state index is 0.211. The maximum atomic E-state index is 12.1. The molecule has 3 N–H and O–H groups in total. The average molecular weight is 306 g/mol. The van der Waals surface area contributed by atoms with Crippen LogP contribution >= 0.6 is 11.3 Å². The van der Waals surface area contributed by atoms with Crippen molar-refractivity contribution in [2.24, 2.45) is 5.73 Å². The summed E-state index contributed by atoms with van der Waals surface area (Å²) in [6, 6.07) is 0. The zero-order valence-electron chi connectivity index (χ0n) is 12.1. The Morgan fingerprint density at radius 1 is 1.24 bits per heavy atom. The maximum absolute atomic E-state index is 12.1. The quantitative estimate of drug-likeness (QED) is 0.830. The number of carbonyl (C=O) groups is 1. The van der Waals surface area contributed by atoms with E-state index < -0.39 is 0 Å². The van der Waals surface area contributed by atoms with Crippen molar-refractivity contribution in [2.75, 3.05) is 11.9 Å². The molecule has 0 aliphatic heterocycles. The minimum atomic E-state index is -0.331. The number of anilines is 1. The van der Waals surface area contributed by atoms with Crippen molar-refractivity contribution in [3.05, 3.63) is 27.5 Å². The van der Waals surface area contributed by atoms with E-state index in [1.807, 2.05) is 13.8 Å². The largest absolute Gasteiger partial charge is 0.330 e. The van der Waals surface area contributed by atoms with E-state index in [0.717, 1.165) is 29.2 Å². The number of hydrogen-bond acceptors (Lipinski definition) is 7. The second-order valence-electron chi connectivity index (χ2n) is 4.36. The molecule has 0 saturated heterocycles. The number of amides is 1. The minimum Gasteiger partial charge on any atom is -0.330 e. The molecular weight excluding hydrogens is 288 g/mol. The van der Waals surface area contributed by atoms with Gasteiger partial charge in [0.05, 0.1) is 16.4 Å². The van der Waals surface area contributed by atoms with Crippen molar-refractivity contribution >= 4 is 23.2 Å². The highest BCUT2D eigenvalue weighted by molar-refractivity contribution is 7.09. The summed E-state index contributed by atoms with van der Waals surface area (Å²) in [7, 11) is 0. The molecular formula is C13H18N6OS. The Morgan fingerprint density at radius 3 is 2.67 bits per heavy atom. The van der Waals surface area contributed by atoms with Gasteiger partial charge in [0.2, 0.25) is 5.95 Å². The second-order valence-corrected chi connectivity index (χ2v) is 5.30. The van der Waals surface area contributed by atoms with Gasteiger partial charge < -0.3 is 5.73 Å². The second kappa shape index (κ2) is 7.19. The highest BCUT2D eigenvalue weighted by atomic mass is 32.1. The van der Waals surface area contributed by atoms with E-state index in [1.165, 1.54) is 11.3 Å². The number of nitrogens with two attached hydrogens (primary N) is 1. The Hall–Kier alpha value is -1.93. The predicted molar refractivity (Wildman–Crippen MR) is 81.4 cm³/mol. The van der Waals surface area contributed by atoms with Gasteiger partial charge in [0.1, 0.15) is 5.69 Å². The fraction of sp³-hybridized carbons (Fsp3) is 0.462. The standard InChI is InChI=1S/C13H18N6OS/c1-3-8-9(4-2)18-19-13(16-8)17-12(20)10-7-21-11(15-10)5-6-14/h7H,3-6,14H2,1-2H3,(H,16,17,19,20). The van der Waals surface area contributed by atoms with Crippen LogP contribution in [0.15, 0.2) is 5.38 Å². The zero-order valence-corrected chi connectivity index (χ0v) is 12.9. The molecule has 0 saturated carbocycles. The lowest BCUT2D eigenvalue weighted by Crippen LogP contribution is -2.17. The molecule has 0 aliphatic rings. The lowest BCUT2D eigenvalue weighted by Gasteiger charge is -2.05. The van der Waals surface area contributed by atoms with Crippen molar-refractivity contribution in [2.45, 2.75) is 33.1 Å². The number of nitrogens with zero attached hydrogens (tertiary/aromatic N) is 4. The molecule has 2 aromatic heterocycles. The highest BCUT2D eigenvalue weighted by Crippen LogP contribution is 2.12. The molecule has 8 heteroatoms. The summed E-state index contributed by atoms with van der Waals surface area (Å²) in [5, 5.41) is 13.2. The summed E-state index contributed by atoms with van der Waals surface area (Å²) < 4.78 is 0. The van der Waals surface area contributed by atoms with Gasteiger partial charge in [-0.3, -0.25) is 10.1 Å².